The molecule has 160 valence electrons. The van der Waals surface area contributed by atoms with Gasteiger partial charge in [0.1, 0.15) is 0 Å². The van der Waals surface area contributed by atoms with Crippen molar-refractivity contribution in [3.63, 3.8) is 0 Å². The molecule has 4 rings (SSSR count). The minimum Gasteiger partial charge on any atom is -0.454 e. The Labute approximate surface area is 196 Å². The van der Waals surface area contributed by atoms with Crippen LogP contribution in [0.5, 0.6) is 0 Å². The Hall–Kier alpha value is -2.32. The SMILES string of the molecule is O=C(COC(=O)c1ccccc1N1C(=O)[C@H]2C[C@H](Br)[C@@H](Br)C[C@H]2C1=O)c1ccccc1. The highest BCUT2D eigenvalue weighted by Crippen LogP contribution is 2.44. The van der Waals surface area contributed by atoms with Crippen LogP contribution in [0.2, 0.25) is 0 Å². The normalized spacial score (nSPS) is 25.3. The van der Waals surface area contributed by atoms with Crippen molar-refractivity contribution in [2.75, 3.05) is 11.5 Å². The maximum atomic E-state index is 13.1. The number of benzene rings is 2. The number of alkyl halides is 2. The van der Waals surface area contributed by atoms with Crippen LogP contribution in [-0.2, 0) is 14.3 Å². The molecule has 0 spiro atoms. The lowest BCUT2D eigenvalue weighted by molar-refractivity contribution is -0.122. The monoisotopic (exact) mass is 547 g/mol. The molecule has 31 heavy (non-hydrogen) atoms. The number of carbonyl (C=O) groups excluding carboxylic acids is 4. The van der Waals surface area contributed by atoms with E-state index in [1.807, 2.05) is 0 Å². The van der Waals surface area contributed by atoms with Crippen LogP contribution in [0.1, 0.15) is 33.6 Å². The summed E-state index contributed by atoms with van der Waals surface area (Å²) in [7, 11) is 0. The number of fused-ring (bicyclic) bond motifs is 1. The van der Waals surface area contributed by atoms with Crippen molar-refractivity contribution < 1.29 is 23.9 Å². The third-order valence-corrected chi connectivity index (χ3v) is 8.44. The van der Waals surface area contributed by atoms with Crippen molar-refractivity contribution in [3.05, 3.63) is 65.7 Å². The Morgan fingerprint density at radius 3 is 2.03 bits per heavy atom. The number of esters is 1. The van der Waals surface area contributed by atoms with Crippen molar-refractivity contribution in [2.24, 2.45) is 11.8 Å². The molecular weight excluding hydrogens is 530 g/mol. The van der Waals surface area contributed by atoms with E-state index in [9.17, 15) is 19.2 Å². The Morgan fingerprint density at radius 2 is 1.42 bits per heavy atom. The van der Waals surface area contributed by atoms with Gasteiger partial charge in [-0.05, 0) is 25.0 Å². The molecule has 1 heterocycles. The minimum absolute atomic E-state index is 0.0782. The van der Waals surface area contributed by atoms with Crippen molar-refractivity contribution in [1.29, 1.82) is 0 Å². The van der Waals surface area contributed by atoms with Crippen LogP contribution in [0, 0.1) is 11.8 Å². The summed E-state index contributed by atoms with van der Waals surface area (Å²) >= 11 is 7.14. The van der Waals surface area contributed by atoms with Gasteiger partial charge >= 0.3 is 5.97 Å². The lowest BCUT2D eigenvalue weighted by Gasteiger charge is -2.29. The third-order valence-electron chi connectivity index (χ3n) is 5.71. The number of para-hydroxylation sites is 1. The summed E-state index contributed by atoms with van der Waals surface area (Å²) in [5.74, 6) is -2.55. The zero-order valence-electron chi connectivity index (χ0n) is 16.4. The first-order valence-corrected chi connectivity index (χ1v) is 11.7. The molecular formula is C23H19Br2NO5. The van der Waals surface area contributed by atoms with Gasteiger partial charge in [0.15, 0.2) is 12.4 Å². The van der Waals surface area contributed by atoms with E-state index in [1.54, 1.807) is 48.5 Å². The van der Waals surface area contributed by atoms with Crippen LogP contribution < -0.4 is 4.90 Å². The molecule has 8 heteroatoms. The number of hydrogen-bond acceptors (Lipinski definition) is 5. The van der Waals surface area contributed by atoms with Gasteiger partial charge in [-0.1, -0.05) is 74.3 Å². The number of amides is 2. The molecule has 1 saturated heterocycles. The summed E-state index contributed by atoms with van der Waals surface area (Å²) < 4.78 is 5.22. The molecule has 0 aromatic heterocycles. The van der Waals surface area contributed by atoms with Gasteiger partial charge in [-0.25, -0.2) is 9.69 Å². The summed E-state index contributed by atoms with van der Waals surface area (Å²) in [5, 5.41) is 0. The van der Waals surface area contributed by atoms with Crippen LogP contribution in [0.3, 0.4) is 0 Å². The van der Waals surface area contributed by atoms with E-state index >= 15 is 0 Å². The second kappa shape index (κ2) is 9.04. The Bertz CT molecular complexity index is 1010. The number of Topliss-reactive ketones (excluding diaryl/α,β-unsaturated/α-hetero) is 1. The second-order valence-corrected chi connectivity index (χ2v) is 9.96. The summed E-state index contributed by atoms with van der Waals surface area (Å²) in [6.45, 7) is -0.430. The predicted octanol–water partition coefficient (Wildman–Crippen LogP) is 4.15. The van der Waals surface area contributed by atoms with Gasteiger partial charge in [0, 0.05) is 15.2 Å². The number of nitrogens with zero attached hydrogens (tertiary/aromatic N) is 1. The quantitative estimate of drug-likeness (QED) is 0.243. The van der Waals surface area contributed by atoms with Crippen LogP contribution in [0.25, 0.3) is 0 Å². The smallest absolute Gasteiger partial charge is 0.340 e. The first-order valence-electron chi connectivity index (χ1n) is 9.89. The highest BCUT2D eigenvalue weighted by atomic mass is 79.9. The van der Waals surface area contributed by atoms with E-state index in [2.05, 4.69) is 31.9 Å². The minimum atomic E-state index is -0.757. The lowest BCUT2D eigenvalue weighted by atomic mass is 9.81. The first kappa shape index (κ1) is 21.9. The van der Waals surface area contributed by atoms with Crippen molar-refractivity contribution >= 4 is 61.1 Å². The number of rotatable bonds is 5. The molecule has 6 nitrogen and oxygen atoms in total. The fourth-order valence-corrected chi connectivity index (χ4v) is 5.33. The predicted molar refractivity (Wildman–Crippen MR) is 122 cm³/mol. The summed E-state index contributed by atoms with van der Waals surface area (Å²) in [6.07, 6.45) is 1.08. The Kier molecular flexibility index (Phi) is 6.39. The Morgan fingerprint density at radius 1 is 0.871 bits per heavy atom. The zero-order chi connectivity index (χ0) is 22.1. The second-order valence-electron chi connectivity index (χ2n) is 7.61. The fraction of sp³-hybridized carbons (Fsp3) is 0.304. The van der Waals surface area contributed by atoms with Crippen molar-refractivity contribution in [1.82, 2.24) is 0 Å². The highest BCUT2D eigenvalue weighted by Gasteiger charge is 2.52. The number of ether oxygens (including phenoxy) is 1. The number of ketones is 1. The Balaban J connectivity index is 1.55. The first-order chi connectivity index (χ1) is 14.9. The summed E-state index contributed by atoms with van der Waals surface area (Å²) in [5.41, 5.74) is 0.710. The fourth-order valence-electron chi connectivity index (χ4n) is 4.09. The van der Waals surface area contributed by atoms with Gasteiger partial charge < -0.3 is 4.74 Å². The molecule has 1 saturated carbocycles. The molecule has 2 aromatic carbocycles. The molecule has 0 bridgehead atoms. The van der Waals surface area contributed by atoms with E-state index < -0.39 is 24.4 Å². The molecule has 2 fully saturated rings. The van der Waals surface area contributed by atoms with E-state index in [-0.39, 0.29) is 38.5 Å². The van der Waals surface area contributed by atoms with Gasteiger partial charge in [-0.2, -0.15) is 0 Å². The number of halogens is 2. The van der Waals surface area contributed by atoms with Gasteiger partial charge in [-0.15, -0.1) is 0 Å². The third kappa shape index (κ3) is 4.23. The standard InChI is InChI=1S/C23H19Br2NO5/c24-17-10-15-16(11-18(17)25)22(29)26(21(15)28)19-9-5-4-8-14(19)23(30)31-12-20(27)13-6-2-1-3-7-13/h1-9,15-18H,10-12H2/t15-,16+,17-,18-/m0/s1. The molecule has 1 aliphatic carbocycles. The van der Waals surface area contributed by atoms with Crippen LogP contribution in [0.15, 0.2) is 54.6 Å². The van der Waals surface area contributed by atoms with Crippen molar-refractivity contribution in [3.8, 4) is 0 Å². The molecule has 4 atom stereocenters. The number of carbonyl (C=O) groups is 4. The topological polar surface area (TPSA) is 80.8 Å². The van der Waals surface area contributed by atoms with E-state index in [4.69, 9.17) is 4.74 Å². The highest BCUT2D eigenvalue weighted by molar-refractivity contribution is 9.12. The number of hydrogen-bond donors (Lipinski definition) is 0. The molecule has 1 aliphatic heterocycles. The number of anilines is 1. The van der Waals surface area contributed by atoms with Gasteiger partial charge in [0.05, 0.1) is 23.1 Å². The lowest BCUT2D eigenvalue weighted by Crippen LogP contribution is -2.34. The van der Waals surface area contributed by atoms with E-state index in [1.165, 1.54) is 6.07 Å². The number of imide groups is 1. The maximum Gasteiger partial charge on any atom is 0.340 e. The van der Waals surface area contributed by atoms with Gasteiger partial charge in [-0.3, -0.25) is 14.4 Å². The van der Waals surface area contributed by atoms with E-state index in [0.717, 1.165) is 4.90 Å². The average molecular weight is 549 g/mol. The largest absolute Gasteiger partial charge is 0.454 e. The summed E-state index contributed by atoms with van der Waals surface area (Å²) in [6, 6.07) is 14.9. The summed E-state index contributed by atoms with van der Waals surface area (Å²) in [4.78, 5) is 52.5. The molecule has 2 aromatic rings. The van der Waals surface area contributed by atoms with Gasteiger partial charge in [0.25, 0.3) is 0 Å². The molecule has 2 amide bonds. The van der Waals surface area contributed by atoms with Gasteiger partial charge in [0.2, 0.25) is 11.8 Å². The molecule has 0 unspecified atom stereocenters. The molecule has 0 N–H and O–H groups in total. The maximum absolute atomic E-state index is 13.1. The van der Waals surface area contributed by atoms with Crippen molar-refractivity contribution in [2.45, 2.75) is 22.5 Å². The van der Waals surface area contributed by atoms with Crippen LogP contribution in [0.4, 0.5) is 5.69 Å². The van der Waals surface area contributed by atoms with Crippen LogP contribution in [-0.4, -0.2) is 39.8 Å². The van der Waals surface area contributed by atoms with Crippen LogP contribution >= 0.6 is 31.9 Å². The molecule has 2 aliphatic rings. The molecule has 0 radical (unpaired) electrons. The average Bonchev–Trinajstić information content (AvgIpc) is 3.02. The zero-order valence-corrected chi connectivity index (χ0v) is 19.5. The van der Waals surface area contributed by atoms with E-state index in [0.29, 0.717) is 18.4 Å².